The summed E-state index contributed by atoms with van der Waals surface area (Å²) in [5.74, 6) is -0.693. The van der Waals surface area contributed by atoms with Gasteiger partial charge in [0.2, 0.25) is 5.91 Å². The molecule has 0 radical (unpaired) electrons. The minimum atomic E-state index is -0.597. The Balaban J connectivity index is 1.39. The molecule has 148 valence electrons. The van der Waals surface area contributed by atoms with Gasteiger partial charge < -0.3 is 19.5 Å². The summed E-state index contributed by atoms with van der Waals surface area (Å²) in [5.41, 5.74) is 0.457. The summed E-state index contributed by atoms with van der Waals surface area (Å²) in [6.45, 7) is 4.73. The summed E-state index contributed by atoms with van der Waals surface area (Å²) >= 11 is 0. The van der Waals surface area contributed by atoms with E-state index in [9.17, 15) is 14.3 Å². The van der Waals surface area contributed by atoms with Crippen molar-refractivity contribution in [2.24, 2.45) is 0 Å². The van der Waals surface area contributed by atoms with Crippen LogP contribution in [0.4, 0.5) is 4.39 Å². The van der Waals surface area contributed by atoms with Crippen LogP contribution in [-0.4, -0.2) is 71.9 Å². The molecule has 3 aliphatic heterocycles. The fraction of sp³-hybridized carbons (Fsp3) is 0.650. The average molecular weight is 378 g/mol. The Bertz CT molecular complexity index is 701. The molecule has 3 fully saturated rings. The molecule has 1 aromatic carbocycles. The quantitative estimate of drug-likeness (QED) is 0.867. The van der Waals surface area contributed by atoms with Gasteiger partial charge in [0.15, 0.2) is 11.6 Å². The summed E-state index contributed by atoms with van der Waals surface area (Å²) in [6, 6.07) is 4.52. The van der Waals surface area contributed by atoms with Crippen LogP contribution < -0.4 is 0 Å². The monoisotopic (exact) mass is 378 g/mol. The predicted octanol–water partition coefficient (Wildman–Crippen LogP) is 1.90. The largest absolute Gasteiger partial charge is 0.505 e. The van der Waals surface area contributed by atoms with Crippen molar-refractivity contribution in [1.82, 2.24) is 9.80 Å². The van der Waals surface area contributed by atoms with Crippen LogP contribution in [0.3, 0.4) is 0 Å². The van der Waals surface area contributed by atoms with E-state index >= 15 is 0 Å². The van der Waals surface area contributed by atoms with Crippen molar-refractivity contribution in [3.63, 3.8) is 0 Å². The number of halogens is 1. The third-order valence-corrected chi connectivity index (χ3v) is 5.78. The van der Waals surface area contributed by atoms with Crippen molar-refractivity contribution in [3.05, 3.63) is 29.6 Å². The summed E-state index contributed by atoms with van der Waals surface area (Å²) in [5, 5.41) is 9.37. The molecule has 0 bridgehead atoms. The third kappa shape index (κ3) is 4.25. The number of phenols is 1. The highest BCUT2D eigenvalue weighted by molar-refractivity contribution is 5.78. The van der Waals surface area contributed by atoms with E-state index in [1.54, 1.807) is 6.07 Å². The first-order valence-electron chi connectivity index (χ1n) is 9.76. The summed E-state index contributed by atoms with van der Waals surface area (Å²) in [4.78, 5) is 16.0. The van der Waals surface area contributed by atoms with E-state index in [-0.39, 0.29) is 23.4 Å². The van der Waals surface area contributed by atoms with E-state index in [1.165, 1.54) is 12.1 Å². The molecule has 1 N–H and O–H groups in total. The topological polar surface area (TPSA) is 62.2 Å². The highest BCUT2D eigenvalue weighted by atomic mass is 19.1. The van der Waals surface area contributed by atoms with Gasteiger partial charge in [0.25, 0.3) is 0 Å². The molecule has 1 amide bonds. The number of benzene rings is 1. The number of ether oxygens (including phenoxy) is 2. The molecule has 0 aliphatic carbocycles. The second kappa shape index (κ2) is 7.73. The Kier molecular flexibility index (Phi) is 5.34. The number of phenolic OH excluding ortho intramolecular Hbond substituents is 1. The lowest BCUT2D eigenvalue weighted by Crippen LogP contribution is -2.45. The molecule has 27 heavy (non-hydrogen) atoms. The first-order valence-corrected chi connectivity index (χ1v) is 9.76. The molecule has 0 saturated carbocycles. The number of hydrogen-bond donors (Lipinski definition) is 1. The molecule has 1 spiro atoms. The fourth-order valence-corrected chi connectivity index (χ4v) is 4.42. The van der Waals surface area contributed by atoms with Crippen LogP contribution in [0, 0.1) is 5.82 Å². The molecule has 2 atom stereocenters. The molecule has 0 unspecified atom stereocenters. The molecule has 6 nitrogen and oxygen atoms in total. The van der Waals surface area contributed by atoms with Crippen LogP contribution in [0.25, 0.3) is 0 Å². The van der Waals surface area contributed by atoms with Crippen LogP contribution in [0.15, 0.2) is 18.2 Å². The van der Waals surface area contributed by atoms with Gasteiger partial charge in [-0.1, -0.05) is 6.07 Å². The number of nitrogens with zero attached hydrogens (tertiary/aromatic N) is 2. The standard InChI is InChI=1S/C20H27FN2O4/c21-17-10-15(3-4-18(17)24)11-22-8-9-26-14-20(13-22)6-5-16(27-20)12-23-7-1-2-19(23)25/h3-4,10,16,24H,1-2,5-9,11-14H2/t16-,20+/m1/s1. The van der Waals surface area contributed by atoms with Crippen LogP contribution in [0.5, 0.6) is 5.75 Å². The van der Waals surface area contributed by atoms with E-state index in [2.05, 4.69) is 4.90 Å². The molecule has 1 aromatic rings. The maximum absolute atomic E-state index is 13.6. The van der Waals surface area contributed by atoms with E-state index in [4.69, 9.17) is 9.47 Å². The van der Waals surface area contributed by atoms with E-state index in [0.717, 1.165) is 44.5 Å². The Morgan fingerprint density at radius 1 is 1.33 bits per heavy atom. The smallest absolute Gasteiger partial charge is 0.222 e. The average Bonchev–Trinajstić information content (AvgIpc) is 3.15. The van der Waals surface area contributed by atoms with Crippen molar-refractivity contribution in [2.75, 3.05) is 39.4 Å². The molecular formula is C20H27FN2O4. The molecule has 4 rings (SSSR count). The van der Waals surface area contributed by atoms with Gasteiger partial charge >= 0.3 is 0 Å². The van der Waals surface area contributed by atoms with Gasteiger partial charge in [0, 0.05) is 39.1 Å². The maximum atomic E-state index is 13.6. The van der Waals surface area contributed by atoms with Gasteiger partial charge in [0.05, 0.1) is 19.3 Å². The summed E-state index contributed by atoms with van der Waals surface area (Å²) in [6.07, 6.45) is 3.48. The fourth-order valence-electron chi connectivity index (χ4n) is 4.42. The Morgan fingerprint density at radius 2 is 2.22 bits per heavy atom. The van der Waals surface area contributed by atoms with E-state index in [0.29, 0.717) is 32.7 Å². The van der Waals surface area contributed by atoms with Crippen LogP contribution in [-0.2, 0) is 20.8 Å². The van der Waals surface area contributed by atoms with Crippen molar-refractivity contribution in [1.29, 1.82) is 0 Å². The lowest BCUT2D eigenvalue weighted by Gasteiger charge is -2.32. The van der Waals surface area contributed by atoms with Crippen LogP contribution in [0.2, 0.25) is 0 Å². The van der Waals surface area contributed by atoms with Crippen molar-refractivity contribution in [3.8, 4) is 5.75 Å². The SMILES string of the molecule is O=C1CCCN1C[C@H]1CC[C@]2(COCCN(Cc3ccc(O)c(F)c3)C2)O1. The van der Waals surface area contributed by atoms with E-state index < -0.39 is 5.82 Å². The van der Waals surface area contributed by atoms with Crippen molar-refractivity contribution >= 4 is 5.91 Å². The first-order chi connectivity index (χ1) is 13.0. The Morgan fingerprint density at radius 3 is 3.00 bits per heavy atom. The van der Waals surface area contributed by atoms with Gasteiger partial charge in [-0.3, -0.25) is 9.69 Å². The summed E-state index contributed by atoms with van der Waals surface area (Å²) < 4.78 is 25.9. The lowest BCUT2D eigenvalue weighted by atomic mass is 9.99. The second-order valence-electron chi connectivity index (χ2n) is 7.95. The Labute approximate surface area is 158 Å². The van der Waals surface area contributed by atoms with Gasteiger partial charge in [-0.2, -0.15) is 0 Å². The molecule has 3 saturated heterocycles. The number of aromatic hydroxyl groups is 1. The van der Waals surface area contributed by atoms with Crippen molar-refractivity contribution in [2.45, 2.75) is 43.9 Å². The van der Waals surface area contributed by atoms with Crippen LogP contribution >= 0.6 is 0 Å². The van der Waals surface area contributed by atoms with Gasteiger partial charge in [-0.15, -0.1) is 0 Å². The van der Waals surface area contributed by atoms with E-state index in [1.807, 2.05) is 4.90 Å². The van der Waals surface area contributed by atoms with Gasteiger partial charge in [-0.05, 0) is 37.0 Å². The third-order valence-electron chi connectivity index (χ3n) is 5.78. The molecule has 7 heteroatoms. The zero-order chi connectivity index (χ0) is 18.9. The Hall–Kier alpha value is -1.70. The highest BCUT2D eigenvalue weighted by Gasteiger charge is 2.43. The number of rotatable bonds is 4. The van der Waals surface area contributed by atoms with Crippen molar-refractivity contribution < 1.29 is 23.8 Å². The zero-order valence-electron chi connectivity index (χ0n) is 15.5. The normalized spacial score (nSPS) is 29.6. The van der Waals surface area contributed by atoms with Gasteiger partial charge in [-0.25, -0.2) is 4.39 Å². The van der Waals surface area contributed by atoms with Gasteiger partial charge in [0.1, 0.15) is 5.60 Å². The first kappa shape index (κ1) is 18.7. The maximum Gasteiger partial charge on any atom is 0.222 e. The molecular weight excluding hydrogens is 351 g/mol. The lowest BCUT2D eigenvalue weighted by molar-refractivity contribution is -0.132. The predicted molar refractivity (Wildman–Crippen MR) is 96.8 cm³/mol. The number of amides is 1. The summed E-state index contributed by atoms with van der Waals surface area (Å²) in [7, 11) is 0. The number of carbonyl (C=O) groups is 1. The number of likely N-dealkylation sites (tertiary alicyclic amines) is 1. The molecule has 3 aliphatic rings. The number of hydrogen-bond acceptors (Lipinski definition) is 5. The highest BCUT2D eigenvalue weighted by Crippen LogP contribution is 2.34. The van der Waals surface area contributed by atoms with Crippen LogP contribution in [0.1, 0.15) is 31.2 Å². The molecule has 0 aromatic heterocycles. The second-order valence-corrected chi connectivity index (χ2v) is 7.95. The minimum Gasteiger partial charge on any atom is -0.505 e. The number of carbonyl (C=O) groups excluding carboxylic acids is 1. The zero-order valence-corrected chi connectivity index (χ0v) is 15.5. The minimum absolute atomic E-state index is 0.0571. The molecule has 3 heterocycles.